The van der Waals surface area contributed by atoms with Crippen LogP contribution in [0.4, 0.5) is 10.1 Å². The Morgan fingerprint density at radius 2 is 1.71 bits per heavy atom. The number of carbonyl (C=O) groups excluding carboxylic acids is 2. The van der Waals surface area contributed by atoms with Gasteiger partial charge in [-0.25, -0.2) is 12.8 Å². The van der Waals surface area contributed by atoms with Gasteiger partial charge in [-0.15, -0.1) is 0 Å². The van der Waals surface area contributed by atoms with Gasteiger partial charge in [0.1, 0.15) is 31.6 Å². The van der Waals surface area contributed by atoms with Gasteiger partial charge >= 0.3 is 0 Å². The van der Waals surface area contributed by atoms with Crippen molar-refractivity contribution in [2.45, 2.75) is 32.9 Å². The molecule has 0 saturated carbocycles. The van der Waals surface area contributed by atoms with Crippen LogP contribution in [0.5, 0.6) is 11.5 Å². The topological polar surface area (TPSA) is 105 Å². The fraction of sp³-hybridized carbons (Fsp3) is 0.417. The molecule has 1 aliphatic rings. The molecule has 1 heterocycles. The number of benzene rings is 2. The monoisotopic (exact) mass is 507 g/mol. The SMILES string of the molecule is CC[C@H](C(=O)NC)N(Cc1ccc(F)cc1)C(=O)CN(c1ccc2c(c1)OCCO2)S(=O)(=O)CC. The van der Waals surface area contributed by atoms with Gasteiger partial charge in [0.25, 0.3) is 0 Å². The highest BCUT2D eigenvalue weighted by molar-refractivity contribution is 7.92. The number of nitrogens with one attached hydrogen (secondary N) is 1. The maximum absolute atomic E-state index is 13.6. The molecule has 0 saturated heterocycles. The minimum atomic E-state index is -3.87. The lowest BCUT2D eigenvalue weighted by atomic mass is 10.1. The second kappa shape index (κ2) is 11.4. The van der Waals surface area contributed by atoms with Gasteiger partial charge in [0.05, 0.1) is 11.4 Å². The molecule has 0 bridgehead atoms. The highest BCUT2D eigenvalue weighted by atomic mass is 32.2. The molecule has 9 nitrogen and oxygen atoms in total. The molecule has 11 heteroatoms. The van der Waals surface area contributed by atoms with Crippen molar-refractivity contribution in [2.75, 3.05) is 36.9 Å². The summed E-state index contributed by atoms with van der Waals surface area (Å²) in [6, 6.07) is 9.40. The van der Waals surface area contributed by atoms with Crippen LogP contribution >= 0.6 is 0 Å². The number of nitrogens with zero attached hydrogens (tertiary/aromatic N) is 2. The van der Waals surface area contributed by atoms with Crippen molar-refractivity contribution in [3.63, 3.8) is 0 Å². The molecule has 1 N–H and O–H groups in total. The zero-order valence-corrected chi connectivity index (χ0v) is 20.8. The van der Waals surface area contributed by atoms with Crippen molar-refractivity contribution in [1.29, 1.82) is 0 Å². The summed E-state index contributed by atoms with van der Waals surface area (Å²) in [5.74, 6) is -0.742. The maximum Gasteiger partial charge on any atom is 0.244 e. The average Bonchev–Trinajstić information content (AvgIpc) is 2.87. The molecule has 190 valence electrons. The summed E-state index contributed by atoms with van der Waals surface area (Å²) in [5.41, 5.74) is 0.852. The van der Waals surface area contributed by atoms with Crippen LogP contribution in [0.15, 0.2) is 42.5 Å². The summed E-state index contributed by atoms with van der Waals surface area (Å²) < 4.78 is 51.5. The highest BCUT2D eigenvalue weighted by Crippen LogP contribution is 2.35. The molecular weight excluding hydrogens is 477 g/mol. The Morgan fingerprint density at radius 1 is 1.06 bits per heavy atom. The predicted molar refractivity (Wildman–Crippen MR) is 129 cm³/mol. The molecule has 0 aromatic heterocycles. The molecule has 0 unspecified atom stereocenters. The number of rotatable bonds is 10. The van der Waals surface area contributed by atoms with Crippen molar-refractivity contribution < 1.29 is 31.9 Å². The molecule has 1 aliphatic heterocycles. The van der Waals surface area contributed by atoms with Crippen LogP contribution in [0.3, 0.4) is 0 Å². The van der Waals surface area contributed by atoms with Crippen LogP contribution in [0, 0.1) is 5.82 Å². The number of sulfonamides is 1. The Balaban J connectivity index is 1.97. The van der Waals surface area contributed by atoms with Gasteiger partial charge < -0.3 is 19.7 Å². The lowest BCUT2D eigenvalue weighted by Crippen LogP contribution is -2.52. The second-order valence-electron chi connectivity index (χ2n) is 7.92. The quantitative estimate of drug-likeness (QED) is 0.529. The van der Waals surface area contributed by atoms with Crippen molar-refractivity contribution in [3.8, 4) is 11.5 Å². The van der Waals surface area contributed by atoms with Crippen LogP contribution < -0.4 is 19.1 Å². The first-order chi connectivity index (χ1) is 16.7. The summed E-state index contributed by atoms with van der Waals surface area (Å²) in [6.45, 7) is 3.44. The first-order valence-electron chi connectivity index (χ1n) is 11.4. The van der Waals surface area contributed by atoms with E-state index in [1.54, 1.807) is 19.1 Å². The summed E-state index contributed by atoms with van der Waals surface area (Å²) in [7, 11) is -2.40. The number of fused-ring (bicyclic) bond motifs is 1. The zero-order chi connectivity index (χ0) is 25.6. The largest absolute Gasteiger partial charge is 0.486 e. The summed E-state index contributed by atoms with van der Waals surface area (Å²) in [4.78, 5) is 27.5. The number of likely N-dealkylation sites (N-methyl/N-ethyl adjacent to an activating group) is 1. The van der Waals surface area contributed by atoms with Crippen molar-refractivity contribution in [3.05, 3.63) is 53.8 Å². The smallest absolute Gasteiger partial charge is 0.244 e. The Hall–Kier alpha value is -3.34. The van der Waals surface area contributed by atoms with E-state index >= 15 is 0 Å². The van der Waals surface area contributed by atoms with Gasteiger partial charge in [-0.2, -0.15) is 0 Å². The lowest BCUT2D eigenvalue weighted by molar-refractivity contribution is -0.140. The average molecular weight is 508 g/mol. The number of halogens is 1. The molecular formula is C24H30FN3O6S. The minimum Gasteiger partial charge on any atom is -0.486 e. The van der Waals surface area contributed by atoms with Gasteiger partial charge in [0.2, 0.25) is 21.8 Å². The van der Waals surface area contributed by atoms with E-state index in [9.17, 15) is 22.4 Å². The molecule has 2 amide bonds. The number of amides is 2. The number of carbonyl (C=O) groups is 2. The third kappa shape index (κ3) is 6.21. The van der Waals surface area contributed by atoms with Gasteiger partial charge in [-0.05, 0) is 43.2 Å². The fourth-order valence-electron chi connectivity index (χ4n) is 3.78. The van der Waals surface area contributed by atoms with Crippen molar-refractivity contribution in [2.24, 2.45) is 0 Å². The summed E-state index contributed by atoms with van der Waals surface area (Å²) in [5, 5.41) is 2.55. The van der Waals surface area contributed by atoms with E-state index in [-0.39, 0.29) is 23.9 Å². The van der Waals surface area contributed by atoms with E-state index in [4.69, 9.17) is 9.47 Å². The maximum atomic E-state index is 13.6. The molecule has 3 rings (SSSR count). The Bertz CT molecular complexity index is 1160. The predicted octanol–water partition coefficient (Wildman–Crippen LogP) is 2.31. The normalized spacial score (nSPS) is 13.6. The summed E-state index contributed by atoms with van der Waals surface area (Å²) in [6.07, 6.45) is 0.303. The van der Waals surface area contributed by atoms with Crippen LogP contribution in [0.25, 0.3) is 0 Å². The van der Waals surface area contributed by atoms with E-state index in [0.29, 0.717) is 36.7 Å². The summed E-state index contributed by atoms with van der Waals surface area (Å²) >= 11 is 0. The van der Waals surface area contributed by atoms with E-state index in [0.717, 1.165) is 4.31 Å². The van der Waals surface area contributed by atoms with E-state index in [1.807, 2.05) is 0 Å². The van der Waals surface area contributed by atoms with Gasteiger partial charge in [-0.3, -0.25) is 13.9 Å². The van der Waals surface area contributed by atoms with Crippen LogP contribution in [0.1, 0.15) is 25.8 Å². The number of hydrogen-bond donors (Lipinski definition) is 1. The van der Waals surface area contributed by atoms with Gasteiger partial charge in [-0.1, -0.05) is 19.1 Å². The molecule has 0 fully saturated rings. The lowest BCUT2D eigenvalue weighted by Gasteiger charge is -2.33. The Kier molecular flexibility index (Phi) is 8.55. The minimum absolute atomic E-state index is 0.00614. The first-order valence-corrected chi connectivity index (χ1v) is 13.0. The van der Waals surface area contributed by atoms with Gasteiger partial charge in [0, 0.05) is 19.7 Å². The molecule has 2 aromatic rings. The molecule has 0 spiro atoms. The van der Waals surface area contributed by atoms with E-state index < -0.39 is 34.3 Å². The molecule has 35 heavy (non-hydrogen) atoms. The zero-order valence-electron chi connectivity index (χ0n) is 20.0. The highest BCUT2D eigenvalue weighted by Gasteiger charge is 2.32. The van der Waals surface area contributed by atoms with E-state index in [2.05, 4.69) is 5.32 Å². The Morgan fingerprint density at radius 3 is 2.31 bits per heavy atom. The number of anilines is 1. The number of ether oxygens (including phenoxy) is 2. The molecule has 0 radical (unpaired) electrons. The standard InChI is InChI=1S/C24H30FN3O6S/c1-4-20(24(30)26-3)27(15-17-6-8-18(25)9-7-17)23(29)16-28(35(31,32)5-2)19-10-11-21-22(14-19)34-13-12-33-21/h6-11,14,20H,4-5,12-13,15-16H2,1-3H3,(H,26,30)/t20-/m1/s1. The first kappa shape index (κ1) is 26.3. The van der Waals surface area contributed by atoms with Crippen LogP contribution in [-0.2, 0) is 26.2 Å². The third-order valence-electron chi connectivity index (χ3n) is 5.69. The van der Waals surface area contributed by atoms with Gasteiger partial charge in [0.15, 0.2) is 11.5 Å². The van der Waals surface area contributed by atoms with E-state index in [1.165, 1.54) is 49.2 Å². The van der Waals surface area contributed by atoms with Crippen LogP contribution in [-0.4, -0.2) is 63.7 Å². The molecule has 1 atom stereocenters. The van der Waals surface area contributed by atoms with Crippen molar-refractivity contribution in [1.82, 2.24) is 10.2 Å². The Labute approximate surface area is 204 Å². The molecule has 2 aromatic carbocycles. The molecule has 0 aliphatic carbocycles. The third-order valence-corrected chi connectivity index (χ3v) is 7.43. The van der Waals surface area contributed by atoms with Crippen molar-refractivity contribution >= 4 is 27.5 Å². The second-order valence-corrected chi connectivity index (χ2v) is 10.1. The van der Waals surface area contributed by atoms with Crippen LogP contribution in [0.2, 0.25) is 0 Å². The fourth-order valence-corrected chi connectivity index (χ4v) is 4.83. The number of hydrogen-bond acceptors (Lipinski definition) is 6.